The minimum Gasteiger partial charge on any atom is -0.355 e. The highest BCUT2D eigenvalue weighted by atomic mass is 16.2. The van der Waals surface area contributed by atoms with Crippen LogP contribution in [0.2, 0.25) is 0 Å². The number of rotatable bonds is 8. The van der Waals surface area contributed by atoms with Crippen molar-refractivity contribution >= 4 is 17.7 Å². The van der Waals surface area contributed by atoms with E-state index in [0.29, 0.717) is 12.1 Å². The Morgan fingerprint density at radius 1 is 1.08 bits per heavy atom. The van der Waals surface area contributed by atoms with Gasteiger partial charge >= 0.3 is 0 Å². The second-order valence-electron chi connectivity index (χ2n) is 6.09. The number of amides is 3. The van der Waals surface area contributed by atoms with Gasteiger partial charge in [-0.3, -0.25) is 14.4 Å². The molecule has 132 valence electrons. The lowest BCUT2D eigenvalue weighted by molar-refractivity contribution is -0.885. The predicted octanol–water partition coefficient (Wildman–Crippen LogP) is -1.30. The molecule has 3 amide bonds. The molecule has 0 saturated heterocycles. The Labute approximate surface area is 142 Å². The van der Waals surface area contributed by atoms with Crippen LogP contribution in [0.25, 0.3) is 0 Å². The first kappa shape index (κ1) is 19.6. The van der Waals surface area contributed by atoms with Crippen molar-refractivity contribution in [3.8, 4) is 0 Å². The zero-order valence-electron chi connectivity index (χ0n) is 14.7. The minimum atomic E-state index is -0.194. The van der Waals surface area contributed by atoms with E-state index in [1.807, 2.05) is 33.0 Å². The van der Waals surface area contributed by atoms with Crippen LogP contribution in [0.5, 0.6) is 0 Å². The van der Waals surface area contributed by atoms with Crippen LogP contribution in [0, 0.1) is 0 Å². The van der Waals surface area contributed by atoms with E-state index in [1.165, 1.54) is 0 Å². The van der Waals surface area contributed by atoms with Gasteiger partial charge in [0.15, 0.2) is 6.54 Å². The Bertz CT molecular complexity index is 570. The third-order valence-corrected chi connectivity index (χ3v) is 3.31. The summed E-state index contributed by atoms with van der Waals surface area (Å²) in [6.07, 6.45) is 0. The number of carbonyl (C=O) groups excluding carboxylic acids is 3. The van der Waals surface area contributed by atoms with Crippen LogP contribution in [0.4, 0.5) is 0 Å². The summed E-state index contributed by atoms with van der Waals surface area (Å²) in [7, 11) is 3.49. The second-order valence-corrected chi connectivity index (χ2v) is 6.09. The molecule has 0 spiro atoms. The Hall–Kier alpha value is -2.41. The van der Waals surface area contributed by atoms with E-state index < -0.39 is 0 Å². The van der Waals surface area contributed by atoms with E-state index in [1.54, 1.807) is 19.2 Å². The summed E-state index contributed by atoms with van der Waals surface area (Å²) in [5.74, 6) is -0.490. The highest BCUT2D eigenvalue weighted by Gasteiger charge is 2.12. The van der Waals surface area contributed by atoms with Gasteiger partial charge in [-0.2, -0.15) is 0 Å². The number of hydrogen-bond donors (Lipinski definition) is 4. The quantitative estimate of drug-likeness (QED) is 0.476. The minimum absolute atomic E-state index is 0.00881. The molecule has 0 heterocycles. The Balaban J connectivity index is 2.39. The smallest absolute Gasteiger partial charge is 0.275 e. The van der Waals surface area contributed by atoms with Crippen molar-refractivity contribution in [1.82, 2.24) is 16.0 Å². The number of nitrogens with one attached hydrogen (secondary N) is 4. The van der Waals surface area contributed by atoms with Gasteiger partial charge in [-0.05, 0) is 26.0 Å². The number of quaternary nitrogens is 1. The summed E-state index contributed by atoms with van der Waals surface area (Å²) in [6, 6.07) is 7.33. The molecule has 0 fully saturated rings. The van der Waals surface area contributed by atoms with Gasteiger partial charge in [-0.15, -0.1) is 0 Å². The van der Waals surface area contributed by atoms with E-state index in [4.69, 9.17) is 0 Å². The molecule has 0 saturated carbocycles. The first-order valence-electron chi connectivity index (χ1n) is 8.00. The number of likely N-dealkylation sites (N-methyl/N-ethyl adjacent to an activating group) is 1. The molecule has 1 unspecified atom stereocenters. The molecule has 1 aromatic carbocycles. The van der Waals surface area contributed by atoms with Crippen molar-refractivity contribution < 1.29 is 19.3 Å². The van der Waals surface area contributed by atoms with E-state index in [0.717, 1.165) is 10.5 Å². The number of carbonyl (C=O) groups is 3. The van der Waals surface area contributed by atoms with Crippen molar-refractivity contribution in [2.75, 3.05) is 27.2 Å². The fraction of sp³-hybridized carbons (Fsp3) is 0.471. The van der Waals surface area contributed by atoms with Crippen LogP contribution in [-0.2, 0) is 16.1 Å². The lowest BCUT2D eigenvalue weighted by Crippen LogP contribution is -3.08. The van der Waals surface area contributed by atoms with E-state index in [9.17, 15) is 14.4 Å². The van der Waals surface area contributed by atoms with Crippen molar-refractivity contribution in [2.24, 2.45) is 0 Å². The van der Waals surface area contributed by atoms with Crippen LogP contribution in [-0.4, -0.2) is 50.9 Å². The van der Waals surface area contributed by atoms with Crippen LogP contribution in [0.15, 0.2) is 24.3 Å². The van der Waals surface area contributed by atoms with E-state index in [2.05, 4.69) is 16.0 Å². The Kier molecular flexibility index (Phi) is 7.91. The van der Waals surface area contributed by atoms with Crippen molar-refractivity contribution in [3.05, 3.63) is 35.4 Å². The molecular weight excluding hydrogens is 308 g/mol. The van der Waals surface area contributed by atoms with Crippen LogP contribution >= 0.6 is 0 Å². The molecule has 7 heteroatoms. The van der Waals surface area contributed by atoms with E-state index >= 15 is 0 Å². The summed E-state index contributed by atoms with van der Waals surface area (Å²) in [6.45, 7) is 4.65. The maximum absolute atomic E-state index is 11.9. The van der Waals surface area contributed by atoms with Gasteiger partial charge in [0.2, 0.25) is 5.91 Å². The van der Waals surface area contributed by atoms with Gasteiger partial charge in [0.1, 0.15) is 6.54 Å². The average Bonchev–Trinajstić information content (AvgIpc) is 2.52. The predicted molar refractivity (Wildman–Crippen MR) is 91.6 cm³/mol. The third kappa shape index (κ3) is 7.23. The van der Waals surface area contributed by atoms with Gasteiger partial charge in [0, 0.05) is 24.2 Å². The molecule has 0 aliphatic carbocycles. The molecule has 0 bridgehead atoms. The molecule has 0 aromatic heterocycles. The normalized spacial score (nSPS) is 11.7. The van der Waals surface area contributed by atoms with Crippen LogP contribution in [0.1, 0.15) is 29.8 Å². The van der Waals surface area contributed by atoms with Crippen molar-refractivity contribution in [3.63, 3.8) is 0 Å². The Morgan fingerprint density at radius 2 is 1.71 bits per heavy atom. The van der Waals surface area contributed by atoms with Crippen molar-refractivity contribution in [2.45, 2.75) is 26.4 Å². The number of benzene rings is 1. The monoisotopic (exact) mass is 335 g/mol. The zero-order valence-corrected chi connectivity index (χ0v) is 14.7. The van der Waals surface area contributed by atoms with Crippen LogP contribution < -0.4 is 20.9 Å². The lowest BCUT2D eigenvalue weighted by Gasteiger charge is -2.14. The summed E-state index contributed by atoms with van der Waals surface area (Å²) in [5.41, 5.74) is 1.64. The molecule has 0 aliphatic rings. The first-order valence-corrected chi connectivity index (χ1v) is 8.00. The molecule has 1 rings (SSSR count). The summed E-state index contributed by atoms with van der Waals surface area (Å²) < 4.78 is 0. The van der Waals surface area contributed by atoms with Gasteiger partial charge in [0.25, 0.3) is 11.8 Å². The van der Waals surface area contributed by atoms with Crippen molar-refractivity contribution in [1.29, 1.82) is 0 Å². The maximum Gasteiger partial charge on any atom is 0.275 e. The standard InChI is InChI=1S/C17H26N4O3/c1-12(2)20-15(22)9-19-16(23)11-21(4)10-13-5-7-14(8-6-13)17(24)18-3/h5-8,12H,9-11H2,1-4H3,(H,18,24)(H,19,23)(H,20,22)/p+1. The molecule has 0 aliphatic heterocycles. The molecule has 7 nitrogen and oxygen atoms in total. The first-order chi connectivity index (χ1) is 11.3. The largest absolute Gasteiger partial charge is 0.355 e. The molecule has 1 atom stereocenters. The van der Waals surface area contributed by atoms with E-state index in [-0.39, 0.29) is 36.9 Å². The highest BCUT2D eigenvalue weighted by molar-refractivity contribution is 5.93. The Morgan fingerprint density at radius 3 is 2.25 bits per heavy atom. The van der Waals surface area contributed by atoms with Crippen LogP contribution in [0.3, 0.4) is 0 Å². The van der Waals surface area contributed by atoms with Gasteiger partial charge in [-0.1, -0.05) is 12.1 Å². The highest BCUT2D eigenvalue weighted by Crippen LogP contribution is 2.03. The molecule has 24 heavy (non-hydrogen) atoms. The van der Waals surface area contributed by atoms with Gasteiger partial charge < -0.3 is 20.9 Å². The van der Waals surface area contributed by atoms with Gasteiger partial charge in [-0.25, -0.2) is 0 Å². The maximum atomic E-state index is 11.9. The molecule has 4 N–H and O–H groups in total. The average molecular weight is 335 g/mol. The molecule has 0 radical (unpaired) electrons. The SMILES string of the molecule is CNC(=O)c1ccc(C[NH+](C)CC(=O)NCC(=O)NC(C)C)cc1. The zero-order chi connectivity index (χ0) is 18.1. The fourth-order valence-electron chi connectivity index (χ4n) is 2.22. The third-order valence-electron chi connectivity index (χ3n) is 3.31. The lowest BCUT2D eigenvalue weighted by atomic mass is 10.1. The molecule has 1 aromatic rings. The fourth-order valence-corrected chi connectivity index (χ4v) is 2.22. The summed E-state index contributed by atoms with van der Waals surface area (Å²) >= 11 is 0. The number of hydrogen-bond acceptors (Lipinski definition) is 3. The van der Waals surface area contributed by atoms with Gasteiger partial charge in [0.05, 0.1) is 13.6 Å². The summed E-state index contributed by atoms with van der Waals surface area (Å²) in [4.78, 5) is 35.8. The topological polar surface area (TPSA) is 91.7 Å². The molecular formula is C17H27N4O3+. The summed E-state index contributed by atoms with van der Waals surface area (Å²) in [5, 5.41) is 7.90. The second kappa shape index (κ2) is 9.67.